The molecule has 17 valence electrons. The van der Waals surface area contributed by atoms with Crippen LogP contribution in [0.25, 0.3) is 0 Å². The van der Waals surface area contributed by atoms with Crippen LogP contribution in [0.1, 0.15) is 0 Å². The Bertz CT molecular complexity index is 4.35. The maximum Gasteiger partial charge on any atom is 0 e. The van der Waals surface area contributed by atoms with E-state index >= 15 is 0 Å². The minimum atomic E-state index is 0. The molecule has 0 saturated carbocycles. The van der Waals surface area contributed by atoms with Gasteiger partial charge in [0.15, 0.2) is 0 Å². The van der Waals surface area contributed by atoms with E-state index in [1.165, 1.54) is 0 Å². The van der Waals surface area contributed by atoms with Crippen LogP contribution in [0.15, 0.2) is 0 Å². The first kappa shape index (κ1) is 50.1. The van der Waals surface area contributed by atoms with Crippen molar-refractivity contribution in [2.24, 2.45) is 0 Å². The van der Waals surface area contributed by atoms with Gasteiger partial charge in [0.25, 0.3) is 0 Å². The summed E-state index contributed by atoms with van der Waals surface area (Å²) in [6.45, 7) is 0. The summed E-state index contributed by atoms with van der Waals surface area (Å²) >= 11 is 0. The molecule has 0 fully saturated rings. The van der Waals surface area contributed by atoms with Gasteiger partial charge in [-0.05, 0) is 0 Å². The molecule has 0 saturated heterocycles. The Morgan fingerprint density at radius 2 is 0.250 bits per heavy atom. The van der Waals surface area contributed by atoms with Gasteiger partial charge in [-0.2, -0.15) is 0 Å². The summed E-state index contributed by atoms with van der Waals surface area (Å²) in [6, 6.07) is 0. The van der Waals surface area contributed by atoms with Crippen LogP contribution < -0.4 is 0 Å². The van der Waals surface area contributed by atoms with E-state index in [2.05, 4.69) is 0 Å². The Hall–Kier alpha value is 12.1. The third-order valence-corrected chi connectivity index (χ3v) is 0. The van der Waals surface area contributed by atoms with E-state index in [1.807, 2.05) is 0 Å². The molecule has 8 heavy (non-hydrogen) atoms. The van der Waals surface area contributed by atoms with Gasteiger partial charge in [-0.25, -0.2) is 0 Å². The fraction of sp³-hybridized carbons (Fsp3) is 0. The van der Waals surface area contributed by atoms with Gasteiger partial charge in [0.05, 0.1) is 0 Å². The van der Waals surface area contributed by atoms with Crippen LogP contribution in [0, 0.1) is 0 Å². The minimum Gasteiger partial charge on any atom is 0 e. The van der Waals surface area contributed by atoms with Gasteiger partial charge in [-0.15, -0.1) is 0 Å². The molecule has 0 aromatic carbocycles. The van der Waals surface area contributed by atoms with Crippen molar-refractivity contribution in [2.45, 2.75) is 0 Å². The first-order chi connectivity index (χ1) is 0. The van der Waals surface area contributed by atoms with Crippen molar-refractivity contribution in [3.05, 3.63) is 0 Å². The van der Waals surface area contributed by atoms with Gasteiger partial charge in [0.2, 0.25) is 0 Å². The number of hydrogen-bond donors (Lipinski definition) is 0. The Labute approximate surface area is 364 Å². The summed E-state index contributed by atoms with van der Waals surface area (Å²) in [5, 5.41) is 0. The van der Waals surface area contributed by atoms with Crippen molar-refractivity contribution in [1.29, 1.82) is 0 Å². The Balaban J connectivity index is 0. The quantitative estimate of drug-likeness (QED) is 0.340. The van der Waals surface area contributed by atoms with Crippen molar-refractivity contribution in [1.82, 2.24) is 0 Å². The second-order valence-corrected chi connectivity index (χ2v) is 0. The van der Waals surface area contributed by atoms with Gasteiger partial charge in [-0.3, -0.25) is 0 Å². The molecule has 7 radical (unpaired) electrons. The SMILES string of the molecule is [K].[K].[K].[K].[K].[K].[K].[Pt]. The Morgan fingerprint density at radius 1 is 0.250 bits per heavy atom. The van der Waals surface area contributed by atoms with Crippen LogP contribution in [0.5, 0.6) is 0 Å². The van der Waals surface area contributed by atoms with E-state index in [0.29, 0.717) is 0 Å². The van der Waals surface area contributed by atoms with E-state index in [1.54, 1.807) is 0 Å². The smallest absolute Gasteiger partial charge is 0 e. The molecule has 0 aliphatic rings. The maximum atomic E-state index is 0. The molecule has 0 amide bonds. The Morgan fingerprint density at radius 3 is 0.250 bits per heavy atom. The molecule has 0 nitrogen and oxygen atoms in total. The summed E-state index contributed by atoms with van der Waals surface area (Å²) < 4.78 is 0. The molecule has 0 aromatic rings. The third kappa shape index (κ3) is 36.2. The summed E-state index contributed by atoms with van der Waals surface area (Å²) in [5.74, 6) is 0. The number of hydrogen-bond acceptors (Lipinski definition) is 0. The van der Waals surface area contributed by atoms with Crippen LogP contribution in [0.4, 0.5) is 0 Å². The average Bonchev–Trinajstić information content (AvgIpc) is 0. The minimum absolute atomic E-state index is 0. The van der Waals surface area contributed by atoms with Crippen LogP contribution in [-0.2, 0) is 21.1 Å². The van der Waals surface area contributed by atoms with Crippen LogP contribution >= 0.6 is 0 Å². The van der Waals surface area contributed by atoms with Crippen molar-refractivity contribution in [2.75, 3.05) is 0 Å². The second-order valence-electron chi connectivity index (χ2n) is 0. The standard InChI is InChI=1S/7K.Pt. The molecular formula is K7Pt. The molecule has 0 rings (SSSR count). The van der Waals surface area contributed by atoms with Gasteiger partial charge >= 0.3 is 0 Å². The zero-order chi connectivity index (χ0) is 0. The molecule has 0 bridgehead atoms. The molecule has 0 atom stereocenters. The Kier molecular flexibility index (Phi) is 267. The van der Waals surface area contributed by atoms with E-state index in [0.717, 1.165) is 0 Å². The first-order valence-corrected chi connectivity index (χ1v) is 0. The van der Waals surface area contributed by atoms with Crippen molar-refractivity contribution < 1.29 is 21.1 Å². The van der Waals surface area contributed by atoms with Crippen molar-refractivity contribution in [3.63, 3.8) is 0 Å². The molecule has 8 heteroatoms. The van der Waals surface area contributed by atoms with Gasteiger partial charge in [-0.1, -0.05) is 0 Å². The van der Waals surface area contributed by atoms with Crippen LogP contribution in [0.2, 0.25) is 0 Å². The van der Waals surface area contributed by atoms with Gasteiger partial charge < -0.3 is 0 Å². The van der Waals surface area contributed by atoms with Gasteiger partial charge in [0, 0.05) is 381 Å². The average molecular weight is 469 g/mol. The topological polar surface area (TPSA) is 0 Å². The van der Waals surface area contributed by atoms with E-state index in [4.69, 9.17) is 0 Å². The fourth-order valence-corrected chi connectivity index (χ4v) is 0. The molecular weight excluding hydrogens is 469 g/mol. The predicted octanol–water partition coefficient (Wildman–Crippen LogP) is -2.67. The van der Waals surface area contributed by atoms with E-state index in [-0.39, 0.29) is 381 Å². The normalized spacial score (nSPS) is 0. The monoisotopic (exact) mass is 468 g/mol. The van der Waals surface area contributed by atoms with E-state index < -0.39 is 0 Å². The number of rotatable bonds is 0. The first-order valence-electron chi connectivity index (χ1n) is 0. The summed E-state index contributed by atoms with van der Waals surface area (Å²) in [6.07, 6.45) is 0. The fourth-order valence-electron chi connectivity index (χ4n) is 0. The summed E-state index contributed by atoms with van der Waals surface area (Å²) in [7, 11) is 0. The molecule has 0 unspecified atom stereocenters. The van der Waals surface area contributed by atoms with Crippen molar-refractivity contribution >= 4 is 360 Å². The zero-order valence-corrected chi connectivity index (χ0v) is 31.5. The largest absolute Gasteiger partial charge is 0 e. The van der Waals surface area contributed by atoms with E-state index in [9.17, 15) is 0 Å². The molecule has 0 aliphatic carbocycles. The molecule has 0 spiro atoms. The van der Waals surface area contributed by atoms with Gasteiger partial charge in [0.1, 0.15) is 0 Å². The molecule has 0 heterocycles. The maximum absolute atomic E-state index is 0. The summed E-state index contributed by atoms with van der Waals surface area (Å²) in [4.78, 5) is 0. The third-order valence-electron chi connectivity index (χ3n) is 0. The predicted molar refractivity (Wildman–Crippen MR) is 40.3 cm³/mol. The molecule has 0 aliphatic heterocycles. The van der Waals surface area contributed by atoms with Crippen LogP contribution in [0.3, 0.4) is 0 Å². The van der Waals surface area contributed by atoms with Crippen LogP contribution in [-0.4, -0.2) is 360 Å². The second kappa shape index (κ2) is 42.7. The van der Waals surface area contributed by atoms with Crippen molar-refractivity contribution in [3.8, 4) is 0 Å². The summed E-state index contributed by atoms with van der Waals surface area (Å²) in [5.41, 5.74) is 0. The molecule has 0 N–H and O–H groups in total. The zero-order valence-electron chi connectivity index (χ0n) is 7.32. The molecule has 0 aromatic heterocycles.